The number of rotatable bonds is 10. The van der Waals surface area contributed by atoms with Crippen LogP contribution in [0.4, 0.5) is 30.7 Å². The van der Waals surface area contributed by atoms with Crippen LogP contribution in [0.2, 0.25) is 5.02 Å². The lowest BCUT2D eigenvalue weighted by molar-refractivity contribution is -0.187. The van der Waals surface area contributed by atoms with E-state index in [4.69, 9.17) is 11.6 Å². The molecule has 5 rings (SSSR count). The molecule has 0 fully saturated rings. The largest absolute Gasteiger partial charge is 0.429 e. The fourth-order valence-corrected chi connectivity index (χ4v) is 5.15. The molecule has 0 heterocycles. The van der Waals surface area contributed by atoms with Gasteiger partial charge in [-0.15, -0.1) is 0 Å². The summed E-state index contributed by atoms with van der Waals surface area (Å²) in [5, 5.41) is -0.273. The van der Waals surface area contributed by atoms with Crippen molar-refractivity contribution in [3.8, 4) is 39.1 Å². The molecule has 0 saturated carbocycles. The Bertz CT molecular complexity index is 1810. The van der Waals surface area contributed by atoms with Gasteiger partial charge in [0.25, 0.3) is 0 Å². The van der Waals surface area contributed by atoms with Crippen LogP contribution < -0.4 is 4.74 Å². The fourth-order valence-electron chi connectivity index (χ4n) is 5.03. The first kappa shape index (κ1) is 32.1. The van der Waals surface area contributed by atoms with E-state index in [-0.39, 0.29) is 21.7 Å². The Labute approximate surface area is 260 Å². The molecule has 0 N–H and O–H groups in total. The second-order valence-corrected chi connectivity index (χ2v) is 11.0. The zero-order chi connectivity index (χ0) is 32.3. The van der Waals surface area contributed by atoms with Gasteiger partial charge >= 0.3 is 6.11 Å². The Morgan fingerprint density at radius 3 is 1.82 bits per heavy atom. The third kappa shape index (κ3) is 7.17. The second-order valence-electron chi connectivity index (χ2n) is 10.6. The first-order valence-electron chi connectivity index (χ1n) is 14.2. The van der Waals surface area contributed by atoms with E-state index in [1.54, 1.807) is 6.07 Å². The van der Waals surface area contributed by atoms with Crippen molar-refractivity contribution in [3.63, 3.8) is 0 Å². The molecule has 1 nitrogen and oxygen atoms in total. The van der Waals surface area contributed by atoms with Gasteiger partial charge in [0, 0.05) is 17.7 Å². The lowest BCUT2D eigenvalue weighted by Crippen LogP contribution is -2.23. The van der Waals surface area contributed by atoms with E-state index in [9.17, 15) is 17.6 Å². The van der Waals surface area contributed by atoms with Crippen LogP contribution in [0.25, 0.3) is 33.4 Å². The smallest absolute Gasteiger partial charge is 0.429 e. The Morgan fingerprint density at radius 1 is 0.600 bits per heavy atom. The predicted molar refractivity (Wildman–Crippen MR) is 162 cm³/mol. The highest BCUT2D eigenvalue weighted by Crippen LogP contribution is 2.38. The third-order valence-corrected chi connectivity index (χ3v) is 7.70. The van der Waals surface area contributed by atoms with E-state index < -0.39 is 52.1 Å². The van der Waals surface area contributed by atoms with Crippen LogP contribution in [0.5, 0.6) is 5.75 Å². The number of alkyl halides is 2. The summed E-state index contributed by atoms with van der Waals surface area (Å²) in [6.07, 6.45) is -0.0452. The maximum Gasteiger partial charge on any atom is 0.429 e. The topological polar surface area (TPSA) is 9.23 Å². The molecule has 0 aliphatic carbocycles. The zero-order valence-corrected chi connectivity index (χ0v) is 24.7. The minimum Gasteiger partial charge on any atom is -0.429 e. The lowest BCUT2D eigenvalue weighted by atomic mass is 9.97. The van der Waals surface area contributed by atoms with Gasteiger partial charge in [0.15, 0.2) is 0 Å². The van der Waals surface area contributed by atoms with Crippen molar-refractivity contribution < 1.29 is 35.5 Å². The molecule has 0 amide bonds. The van der Waals surface area contributed by atoms with Crippen molar-refractivity contribution in [2.75, 3.05) is 0 Å². The SMILES string of the molecule is CCCCCc1ccc(-c2ccc(-c3ccc(C(F)(F)Oc4cc(F)c(-c5ccc(Cl)c(F)c5)c(F)c4)c(F)c3)c(F)c2)cc1. The van der Waals surface area contributed by atoms with Crippen LogP contribution in [0.15, 0.2) is 91.0 Å². The molecule has 9 heteroatoms. The van der Waals surface area contributed by atoms with E-state index >= 15 is 13.2 Å². The maximum absolute atomic E-state index is 15.1. The first-order chi connectivity index (χ1) is 21.5. The summed E-state index contributed by atoms with van der Waals surface area (Å²) in [7, 11) is 0. The van der Waals surface area contributed by atoms with Crippen molar-refractivity contribution in [1.82, 2.24) is 0 Å². The molecule has 0 aromatic heterocycles. The van der Waals surface area contributed by atoms with Gasteiger partial charge in [-0.2, -0.15) is 8.78 Å². The molecule has 0 aliphatic heterocycles. The number of unbranched alkanes of at least 4 members (excludes halogenated alkanes) is 2. The number of hydrogen-bond donors (Lipinski definition) is 0. The molecule has 0 bridgehead atoms. The van der Waals surface area contributed by atoms with E-state index in [2.05, 4.69) is 11.7 Å². The Kier molecular flexibility index (Phi) is 9.53. The Morgan fingerprint density at radius 2 is 1.20 bits per heavy atom. The number of halogens is 8. The number of aryl methyl sites for hydroxylation is 1. The van der Waals surface area contributed by atoms with Gasteiger partial charge in [0.2, 0.25) is 0 Å². The van der Waals surface area contributed by atoms with Gasteiger partial charge in [0.1, 0.15) is 34.8 Å². The Balaban J connectivity index is 1.34. The van der Waals surface area contributed by atoms with Crippen LogP contribution in [-0.4, -0.2) is 0 Å². The van der Waals surface area contributed by atoms with Gasteiger partial charge in [-0.3, -0.25) is 0 Å². The Hall–Kier alpha value is -4.30. The molecular weight excluding hydrogens is 617 g/mol. The molecule has 5 aromatic rings. The highest BCUT2D eigenvalue weighted by atomic mass is 35.5. The molecule has 232 valence electrons. The van der Waals surface area contributed by atoms with E-state index in [1.165, 1.54) is 17.7 Å². The van der Waals surface area contributed by atoms with Gasteiger partial charge in [-0.05, 0) is 71.0 Å². The predicted octanol–water partition coefficient (Wildman–Crippen LogP) is 11.9. The van der Waals surface area contributed by atoms with Gasteiger partial charge in [0.05, 0.1) is 16.1 Å². The monoisotopic (exact) mass is 642 g/mol. The van der Waals surface area contributed by atoms with E-state index in [0.29, 0.717) is 23.8 Å². The van der Waals surface area contributed by atoms with Gasteiger partial charge in [-0.1, -0.05) is 79.9 Å². The van der Waals surface area contributed by atoms with Crippen molar-refractivity contribution >= 4 is 11.6 Å². The third-order valence-electron chi connectivity index (χ3n) is 7.39. The standard InChI is InChI=1S/C36H26ClF7O/c1-2-3-4-5-21-6-8-22(9-7-21)23-10-13-27(30(38)16-23)24-11-14-28(31(39)17-24)36(43,44)45-26-19-33(41)35(34(42)20-26)25-12-15-29(37)32(40)18-25/h6-20H,2-5H2,1H3. The second kappa shape index (κ2) is 13.4. The molecule has 0 unspecified atom stereocenters. The van der Waals surface area contributed by atoms with Crippen LogP contribution in [0, 0.1) is 29.1 Å². The summed E-state index contributed by atoms with van der Waals surface area (Å²) in [5.41, 5.74) is 0.419. The summed E-state index contributed by atoms with van der Waals surface area (Å²) >= 11 is 5.60. The molecular formula is C36H26ClF7O. The summed E-state index contributed by atoms with van der Waals surface area (Å²) < 4.78 is 108. The average molecular weight is 643 g/mol. The average Bonchev–Trinajstić information content (AvgIpc) is 2.98. The first-order valence-corrected chi connectivity index (χ1v) is 14.5. The minimum atomic E-state index is -4.36. The number of benzene rings is 5. The summed E-state index contributed by atoms with van der Waals surface area (Å²) in [5.74, 6) is -6.61. The highest BCUT2D eigenvalue weighted by Gasteiger charge is 2.38. The highest BCUT2D eigenvalue weighted by molar-refractivity contribution is 6.30. The molecule has 0 saturated heterocycles. The molecule has 0 atom stereocenters. The van der Waals surface area contributed by atoms with Crippen LogP contribution >= 0.6 is 11.6 Å². The van der Waals surface area contributed by atoms with Crippen LogP contribution in [-0.2, 0) is 12.5 Å². The molecule has 0 spiro atoms. The van der Waals surface area contributed by atoms with E-state index in [0.717, 1.165) is 61.6 Å². The number of hydrogen-bond acceptors (Lipinski definition) is 1. The molecule has 45 heavy (non-hydrogen) atoms. The minimum absolute atomic E-state index is 0.000916. The quantitative estimate of drug-likeness (QED) is 0.109. The fraction of sp³-hybridized carbons (Fsp3) is 0.167. The van der Waals surface area contributed by atoms with E-state index in [1.807, 2.05) is 24.3 Å². The van der Waals surface area contributed by atoms with Crippen molar-refractivity contribution in [2.24, 2.45) is 0 Å². The molecule has 0 aliphatic rings. The number of ether oxygens (including phenoxy) is 1. The summed E-state index contributed by atoms with van der Waals surface area (Å²) in [4.78, 5) is 0. The maximum atomic E-state index is 15.1. The summed E-state index contributed by atoms with van der Waals surface area (Å²) in [6, 6.07) is 18.7. The zero-order valence-electron chi connectivity index (χ0n) is 23.9. The van der Waals surface area contributed by atoms with Crippen LogP contribution in [0.3, 0.4) is 0 Å². The normalized spacial score (nSPS) is 11.6. The van der Waals surface area contributed by atoms with Crippen molar-refractivity contribution in [3.05, 3.63) is 136 Å². The van der Waals surface area contributed by atoms with Gasteiger partial charge in [-0.25, -0.2) is 22.0 Å². The lowest BCUT2D eigenvalue weighted by Gasteiger charge is -2.20. The molecule has 5 aromatic carbocycles. The van der Waals surface area contributed by atoms with Crippen LogP contribution in [0.1, 0.15) is 37.3 Å². The van der Waals surface area contributed by atoms with Gasteiger partial charge < -0.3 is 4.74 Å². The molecule has 0 radical (unpaired) electrons. The van der Waals surface area contributed by atoms with Crippen molar-refractivity contribution in [2.45, 2.75) is 38.7 Å². The summed E-state index contributed by atoms with van der Waals surface area (Å²) in [6.45, 7) is 2.14. The van der Waals surface area contributed by atoms with Crippen molar-refractivity contribution in [1.29, 1.82) is 0 Å².